The van der Waals surface area contributed by atoms with Crippen LogP contribution in [0.2, 0.25) is 0 Å². The van der Waals surface area contributed by atoms with Gasteiger partial charge in [-0.3, -0.25) is 0 Å². The molecular weight excluding hydrogens is 202 g/mol. The van der Waals surface area contributed by atoms with Gasteiger partial charge in [0.1, 0.15) is 6.07 Å². The number of nitrogens with one attached hydrogen (secondary N) is 1. The molecule has 1 aromatic heterocycles. The van der Waals surface area contributed by atoms with E-state index < -0.39 is 0 Å². The lowest BCUT2D eigenvalue weighted by Crippen LogP contribution is -2.01. The van der Waals surface area contributed by atoms with Crippen molar-refractivity contribution in [3.8, 4) is 6.07 Å². The standard InChI is InChI=1S/C11H9N5/c12-7-8-3-1-4-9(13)10(8)16-11-14-5-2-6-15-11/h1-6H,13H2,(H,14,15,16). The average Bonchev–Trinajstić information content (AvgIpc) is 2.33. The number of nitrogens with zero attached hydrogens (tertiary/aromatic N) is 3. The van der Waals surface area contributed by atoms with Gasteiger partial charge in [0.15, 0.2) is 0 Å². The van der Waals surface area contributed by atoms with Crippen LogP contribution >= 0.6 is 0 Å². The highest BCUT2D eigenvalue weighted by Gasteiger charge is 2.06. The molecule has 5 nitrogen and oxygen atoms in total. The molecule has 1 heterocycles. The highest BCUT2D eigenvalue weighted by atomic mass is 15.1. The van der Waals surface area contributed by atoms with Crippen LogP contribution in [-0.2, 0) is 0 Å². The molecule has 3 N–H and O–H groups in total. The zero-order valence-corrected chi connectivity index (χ0v) is 8.38. The Morgan fingerprint density at radius 3 is 2.62 bits per heavy atom. The third-order valence-corrected chi connectivity index (χ3v) is 2.02. The summed E-state index contributed by atoms with van der Waals surface area (Å²) >= 11 is 0. The minimum atomic E-state index is 0.414. The summed E-state index contributed by atoms with van der Waals surface area (Å²) in [5.41, 5.74) is 7.27. The maximum absolute atomic E-state index is 8.93. The second kappa shape index (κ2) is 4.28. The van der Waals surface area contributed by atoms with Crippen LogP contribution in [0, 0.1) is 11.3 Å². The Labute approximate surface area is 92.6 Å². The van der Waals surface area contributed by atoms with Crippen LogP contribution in [0.1, 0.15) is 5.56 Å². The van der Waals surface area contributed by atoms with Crippen molar-refractivity contribution in [2.45, 2.75) is 0 Å². The first kappa shape index (κ1) is 9.93. The summed E-state index contributed by atoms with van der Waals surface area (Å²) in [6.45, 7) is 0. The molecule has 0 aliphatic heterocycles. The van der Waals surface area contributed by atoms with Crippen molar-refractivity contribution >= 4 is 17.3 Å². The highest BCUT2D eigenvalue weighted by Crippen LogP contribution is 2.24. The molecule has 0 aliphatic carbocycles. The normalized spacial score (nSPS) is 9.44. The summed E-state index contributed by atoms with van der Waals surface area (Å²) in [5.74, 6) is 0.414. The van der Waals surface area contributed by atoms with Crippen molar-refractivity contribution in [3.05, 3.63) is 42.2 Å². The van der Waals surface area contributed by atoms with Gasteiger partial charge in [0.25, 0.3) is 0 Å². The van der Waals surface area contributed by atoms with Gasteiger partial charge in [-0.05, 0) is 18.2 Å². The number of nitrogen functional groups attached to an aromatic ring is 1. The number of hydrogen-bond acceptors (Lipinski definition) is 5. The van der Waals surface area contributed by atoms with Crippen LogP contribution in [0.25, 0.3) is 0 Å². The van der Waals surface area contributed by atoms with E-state index in [2.05, 4.69) is 21.4 Å². The van der Waals surface area contributed by atoms with Gasteiger partial charge in [-0.15, -0.1) is 0 Å². The van der Waals surface area contributed by atoms with Gasteiger partial charge in [0.2, 0.25) is 5.95 Å². The van der Waals surface area contributed by atoms with Gasteiger partial charge < -0.3 is 11.1 Å². The van der Waals surface area contributed by atoms with Crippen LogP contribution < -0.4 is 11.1 Å². The van der Waals surface area contributed by atoms with Gasteiger partial charge in [0, 0.05) is 12.4 Å². The van der Waals surface area contributed by atoms with Crippen molar-refractivity contribution < 1.29 is 0 Å². The van der Waals surface area contributed by atoms with Gasteiger partial charge >= 0.3 is 0 Å². The first-order chi connectivity index (χ1) is 7.81. The zero-order valence-electron chi connectivity index (χ0n) is 8.38. The molecule has 0 spiro atoms. The minimum Gasteiger partial charge on any atom is -0.397 e. The fraction of sp³-hybridized carbons (Fsp3) is 0. The lowest BCUT2D eigenvalue weighted by atomic mass is 10.1. The Morgan fingerprint density at radius 1 is 1.19 bits per heavy atom. The predicted octanol–water partition coefficient (Wildman–Crippen LogP) is 1.67. The third-order valence-electron chi connectivity index (χ3n) is 2.02. The number of para-hydroxylation sites is 1. The molecule has 0 aliphatic rings. The van der Waals surface area contributed by atoms with Crippen LogP contribution in [0.15, 0.2) is 36.7 Å². The molecule has 2 aromatic rings. The van der Waals surface area contributed by atoms with E-state index in [0.29, 0.717) is 22.9 Å². The molecule has 0 saturated carbocycles. The number of benzene rings is 1. The summed E-state index contributed by atoms with van der Waals surface area (Å²) in [5, 5.41) is 11.9. The van der Waals surface area contributed by atoms with E-state index in [0.717, 1.165) is 0 Å². The van der Waals surface area contributed by atoms with E-state index in [1.54, 1.807) is 36.7 Å². The summed E-state index contributed by atoms with van der Waals surface area (Å²) in [4.78, 5) is 8.01. The fourth-order valence-corrected chi connectivity index (χ4v) is 1.28. The van der Waals surface area contributed by atoms with E-state index in [4.69, 9.17) is 11.0 Å². The van der Waals surface area contributed by atoms with Crippen molar-refractivity contribution in [1.82, 2.24) is 9.97 Å². The molecule has 0 saturated heterocycles. The lowest BCUT2D eigenvalue weighted by molar-refractivity contribution is 1.16. The summed E-state index contributed by atoms with van der Waals surface area (Å²) in [6, 6.07) is 8.90. The van der Waals surface area contributed by atoms with Crippen LogP contribution in [0.4, 0.5) is 17.3 Å². The number of hydrogen-bond donors (Lipinski definition) is 2. The quantitative estimate of drug-likeness (QED) is 0.738. The number of aromatic nitrogens is 2. The molecule has 16 heavy (non-hydrogen) atoms. The van der Waals surface area contributed by atoms with Crippen molar-refractivity contribution in [2.75, 3.05) is 11.1 Å². The summed E-state index contributed by atoms with van der Waals surface area (Å²) in [6.07, 6.45) is 3.22. The SMILES string of the molecule is N#Cc1cccc(N)c1Nc1ncccn1. The Morgan fingerprint density at radius 2 is 1.94 bits per heavy atom. The fourth-order valence-electron chi connectivity index (χ4n) is 1.28. The molecule has 2 rings (SSSR count). The predicted molar refractivity (Wildman–Crippen MR) is 60.9 cm³/mol. The van der Waals surface area contributed by atoms with Crippen LogP contribution in [-0.4, -0.2) is 9.97 Å². The van der Waals surface area contributed by atoms with E-state index in [1.165, 1.54) is 0 Å². The van der Waals surface area contributed by atoms with Gasteiger partial charge in [-0.25, -0.2) is 9.97 Å². The maximum Gasteiger partial charge on any atom is 0.227 e. The minimum absolute atomic E-state index is 0.414. The maximum atomic E-state index is 8.93. The largest absolute Gasteiger partial charge is 0.397 e. The number of nitriles is 1. The molecule has 78 valence electrons. The van der Waals surface area contributed by atoms with Gasteiger partial charge in [0.05, 0.1) is 16.9 Å². The molecular formula is C11H9N5. The average molecular weight is 211 g/mol. The smallest absolute Gasteiger partial charge is 0.227 e. The molecule has 1 aromatic carbocycles. The van der Waals surface area contributed by atoms with E-state index in [1.807, 2.05) is 0 Å². The van der Waals surface area contributed by atoms with Crippen molar-refractivity contribution in [2.24, 2.45) is 0 Å². The van der Waals surface area contributed by atoms with Gasteiger partial charge in [-0.2, -0.15) is 5.26 Å². The van der Waals surface area contributed by atoms with Crippen LogP contribution in [0.3, 0.4) is 0 Å². The first-order valence-corrected chi connectivity index (χ1v) is 4.64. The monoisotopic (exact) mass is 211 g/mol. The molecule has 0 fully saturated rings. The molecule has 0 amide bonds. The topological polar surface area (TPSA) is 87.6 Å². The van der Waals surface area contributed by atoms with E-state index in [9.17, 15) is 0 Å². The lowest BCUT2D eigenvalue weighted by Gasteiger charge is -2.08. The molecule has 0 unspecified atom stereocenters. The number of nitrogens with two attached hydrogens (primary N) is 1. The second-order valence-corrected chi connectivity index (χ2v) is 3.08. The van der Waals surface area contributed by atoms with Crippen molar-refractivity contribution in [3.63, 3.8) is 0 Å². The Kier molecular flexibility index (Phi) is 2.65. The van der Waals surface area contributed by atoms with E-state index in [-0.39, 0.29) is 0 Å². The van der Waals surface area contributed by atoms with E-state index >= 15 is 0 Å². The van der Waals surface area contributed by atoms with Crippen LogP contribution in [0.5, 0.6) is 0 Å². The Balaban J connectivity index is 2.39. The Hall–Kier alpha value is -2.61. The second-order valence-electron chi connectivity index (χ2n) is 3.08. The zero-order chi connectivity index (χ0) is 11.4. The number of anilines is 3. The number of rotatable bonds is 2. The Bertz CT molecular complexity index is 530. The third kappa shape index (κ3) is 1.91. The van der Waals surface area contributed by atoms with Crippen molar-refractivity contribution in [1.29, 1.82) is 5.26 Å². The summed E-state index contributed by atoms with van der Waals surface area (Å²) < 4.78 is 0. The summed E-state index contributed by atoms with van der Waals surface area (Å²) in [7, 11) is 0. The van der Waals surface area contributed by atoms with Gasteiger partial charge in [-0.1, -0.05) is 6.07 Å². The first-order valence-electron chi connectivity index (χ1n) is 4.64. The highest BCUT2D eigenvalue weighted by molar-refractivity contribution is 5.76. The molecule has 0 bridgehead atoms. The molecule has 0 atom stereocenters. The molecule has 5 heteroatoms. The molecule has 0 radical (unpaired) electrons.